The number of imide groups is 1. The van der Waals surface area contributed by atoms with E-state index in [9.17, 15) is 14.4 Å². The summed E-state index contributed by atoms with van der Waals surface area (Å²) in [4.78, 5) is 38.3. The van der Waals surface area contributed by atoms with Gasteiger partial charge in [-0.2, -0.15) is 0 Å². The number of thioether (sulfide) groups is 1. The lowest BCUT2D eigenvalue weighted by molar-refractivity contribution is -0.125. The molecule has 2 rings (SSSR count). The summed E-state index contributed by atoms with van der Waals surface area (Å²) < 4.78 is 0. The molecule has 1 aromatic rings. The molecule has 0 saturated carbocycles. The zero-order valence-corrected chi connectivity index (χ0v) is 9.44. The van der Waals surface area contributed by atoms with E-state index in [0.717, 1.165) is 16.7 Å². The minimum Gasteiger partial charge on any atom is -0.477 e. The van der Waals surface area contributed by atoms with Gasteiger partial charge in [0.1, 0.15) is 5.69 Å². The molecular formula is C10H8N2O4S. The number of hydrogen-bond acceptors (Lipinski definition) is 5. The summed E-state index contributed by atoms with van der Waals surface area (Å²) in [5.41, 5.74) is 0.281. The lowest BCUT2D eigenvalue weighted by Gasteiger charge is -2.11. The maximum atomic E-state index is 11.3. The smallest absolute Gasteiger partial charge is 0.354 e. The van der Waals surface area contributed by atoms with E-state index in [1.54, 1.807) is 6.07 Å². The van der Waals surface area contributed by atoms with E-state index in [2.05, 4.69) is 4.98 Å². The monoisotopic (exact) mass is 252 g/mol. The highest BCUT2D eigenvalue weighted by atomic mass is 32.2. The molecule has 17 heavy (non-hydrogen) atoms. The van der Waals surface area contributed by atoms with Gasteiger partial charge in [0, 0.05) is 0 Å². The SMILES string of the molecule is O=C(O)c1cccc(CN2C(=O)CSC2=O)n1. The quantitative estimate of drug-likeness (QED) is 0.862. The third-order valence-electron chi connectivity index (χ3n) is 2.19. The predicted molar refractivity (Wildman–Crippen MR) is 59.6 cm³/mol. The fraction of sp³-hybridized carbons (Fsp3) is 0.200. The summed E-state index contributed by atoms with van der Waals surface area (Å²) in [5, 5.41) is 8.44. The van der Waals surface area contributed by atoms with E-state index in [4.69, 9.17) is 5.11 Å². The molecule has 1 aliphatic rings. The van der Waals surface area contributed by atoms with Crippen molar-refractivity contribution in [1.82, 2.24) is 9.88 Å². The minimum atomic E-state index is -1.14. The van der Waals surface area contributed by atoms with Gasteiger partial charge < -0.3 is 5.11 Å². The van der Waals surface area contributed by atoms with E-state index in [1.165, 1.54) is 12.1 Å². The Morgan fingerprint density at radius 3 is 2.82 bits per heavy atom. The molecule has 0 spiro atoms. The standard InChI is InChI=1S/C10H8N2O4S/c13-8-5-17-10(16)12(8)4-6-2-1-3-7(11-6)9(14)15/h1-3H,4-5H2,(H,14,15). The molecule has 0 unspecified atom stereocenters. The van der Waals surface area contributed by atoms with E-state index in [-0.39, 0.29) is 29.1 Å². The second kappa shape index (κ2) is 4.54. The average Bonchev–Trinajstić information content (AvgIpc) is 2.61. The first-order valence-corrected chi connectivity index (χ1v) is 5.73. The largest absolute Gasteiger partial charge is 0.477 e. The van der Waals surface area contributed by atoms with Gasteiger partial charge in [-0.05, 0) is 12.1 Å². The topological polar surface area (TPSA) is 87.6 Å². The Morgan fingerprint density at radius 1 is 1.47 bits per heavy atom. The maximum absolute atomic E-state index is 11.3. The molecular weight excluding hydrogens is 244 g/mol. The highest BCUT2D eigenvalue weighted by Crippen LogP contribution is 2.20. The number of carboxylic acids is 1. The van der Waals surface area contributed by atoms with Crippen LogP contribution in [0.4, 0.5) is 4.79 Å². The normalized spacial score (nSPS) is 15.4. The minimum absolute atomic E-state index is 0.0196. The van der Waals surface area contributed by atoms with Crippen LogP contribution in [0.3, 0.4) is 0 Å². The Bertz CT molecular complexity index is 487. The highest BCUT2D eigenvalue weighted by molar-refractivity contribution is 8.14. The van der Waals surface area contributed by atoms with Crippen LogP contribution in [0.25, 0.3) is 0 Å². The Hall–Kier alpha value is -1.89. The second-order valence-corrected chi connectivity index (χ2v) is 4.28. The molecule has 0 atom stereocenters. The molecule has 2 amide bonds. The molecule has 1 saturated heterocycles. The summed E-state index contributed by atoms with van der Waals surface area (Å²) in [6.45, 7) is 0.0196. The Labute approximate surface area is 101 Å². The van der Waals surface area contributed by atoms with E-state index < -0.39 is 5.97 Å². The van der Waals surface area contributed by atoms with Crippen LogP contribution >= 0.6 is 11.8 Å². The zero-order chi connectivity index (χ0) is 12.4. The van der Waals surface area contributed by atoms with Crippen molar-refractivity contribution in [1.29, 1.82) is 0 Å². The fourth-order valence-electron chi connectivity index (χ4n) is 1.38. The first-order valence-electron chi connectivity index (χ1n) is 4.74. The summed E-state index contributed by atoms with van der Waals surface area (Å²) in [6, 6.07) is 4.47. The van der Waals surface area contributed by atoms with Gasteiger partial charge in [-0.3, -0.25) is 14.5 Å². The molecule has 0 radical (unpaired) electrons. The average molecular weight is 252 g/mol. The van der Waals surface area contributed by atoms with Crippen molar-refractivity contribution in [3.05, 3.63) is 29.6 Å². The Morgan fingerprint density at radius 2 is 2.24 bits per heavy atom. The molecule has 0 bridgehead atoms. The number of nitrogens with zero attached hydrogens (tertiary/aromatic N) is 2. The first-order chi connectivity index (χ1) is 8.08. The van der Waals surface area contributed by atoms with Crippen LogP contribution in [0.1, 0.15) is 16.2 Å². The van der Waals surface area contributed by atoms with Crippen LogP contribution in [0, 0.1) is 0 Å². The van der Waals surface area contributed by atoms with Crippen molar-refractivity contribution in [2.45, 2.75) is 6.54 Å². The molecule has 7 heteroatoms. The lowest BCUT2D eigenvalue weighted by atomic mass is 10.3. The summed E-state index contributed by atoms with van der Waals surface area (Å²) in [6.07, 6.45) is 0. The highest BCUT2D eigenvalue weighted by Gasteiger charge is 2.30. The van der Waals surface area contributed by atoms with Crippen LogP contribution in [-0.2, 0) is 11.3 Å². The number of aromatic nitrogens is 1. The number of pyridine rings is 1. The Balaban J connectivity index is 2.18. The van der Waals surface area contributed by atoms with E-state index >= 15 is 0 Å². The van der Waals surface area contributed by atoms with Crippen molar-refractivity contribution in [2.75, 3.05) is 5.75 Å². The van der Waals surface area contributed by atoms with Gasteiger partial charge in [0.25, 0.3) is 5.24 Å². The van der Waals surface area contributed by atoms with Crippen molar-refractivity contribution in [3.8, 4) is 0 Å². The number of amides is 2. The van der Waals surface area contributed by atoms with E-state index in [0.29, 0.717) is 5.69 Å². The van der Waals surface area contributed by atoms with Gasteiger partial charge in [-0.1, -0.05) is 17.8 Å². The van der Waals surface area contributed by atoms with Gasteiger partial charge in [0.05, 0.1) is 18.0 Å². The maximum Gasteiger partial charge on any atom is 0.354 e. The third kappa shape index (κ3) is 2.44. The summed E-state index contributed by atoms with van der Waals surface area (Å²) >= 11 is 0.937. The van der Waals surface area contributed by atoms with Crippen LogP contribution in [0.5, 0.6) is 0 Å². The van der Waals surface area contributed by atoms with Gasteiger partial charge in [0.15, 0.2) is 0 Å². The number of aromatic carboxylic acids is 1. The number of hydrogen-bond donors (Lipinski definition) is 1. The summed E-state index contributed by atoms with van der Waals surface area (Å²) in [5.74, 6) is -1.28. The molecule has 0 aliphatic carbocycles. The molecule has 1 aliphatic heterocycles. The first kappa shape index (κ1) is 11.6. The van der Waals surface area contributed by atoms with Crippen LogP contribution < -0.4 is 0 Å². The van der Waals surface area contributed by atoms with Gasteiger partial charge in [0.2, 0.25) is 5.91 Å². The fourth-order valence-corrected chi connectivity index (χ4v) is 2.11. The molecule has 1 N–H and O–H groups in total. The molecule has 1 aromatic heterocycles. The molecule has 6 nitrogen and oxygen atoms in total. The van der Waals surface area contributed by atoms with Crippen LogP contribution in [0.15, 0.2) is 18.2 Å². The van der Waals surface area contributed by atoms with Gasteiger partial charge >= 0.3 is 5.97 Å². The van der Waals surface area contributed by atoms with Crippen LogP contribution in [0.2, 0.25) is 0 Å². The second-order valence-electron chi connectivity index (χ2n) is 3.35. The Kier molecular flexibility index (Phi) is 3.10. The third-order valence-corrected chi connectivity index (χ3v) is 3.05. The van der Waals surface area contributed by atoms with E-state index in [1.807, 2.05) is 0 Å². The molecule has 1 fully saturated rings. The van der Waals surface area contributed by atoms with Crippen molar-refractivity contribution >= 4 is 28.9 Å². The number of rotatable bonds is 3. The number of carbonyl (C=O) groups is 3. The molecule has 0 aromatic carbocycles. The molecule has 2 heterocycles. The predicted octanol–water partition coefficient (Wildman–Crippen LogP) is 0.975. The zero-order valence-electron chi connectivity index (χ0n) is 8.62. The van der Waals surface area contributed by atoms with Gasteiger partial charge in [-0.25, -0.2) is 9.78 Å². The van der Waals surface area contributed by atoms with Crippen molar-refractivity contribution in [2.24, 2.45) is 0 Å². The molecule has 88 valence electrons. The van der Waals surface area contributed by atoms with Crippen molar-refractivity contribution in [3.63, 3.8) is 0 Å². The van der Waals surface area contributed by atoms with Crippen LogP contribution in [-0.4, -0.2) is 37.9 Å². The number of carbonyl (C=O) groups excluding carboxylic acids is 2. The van der Waals surface area contributed by atoms with Gasteiger partial charge in [-0.15, -0.1) is 0 Å². The lowest BCUT2D eigenvalue weighted by Crippen LogP contribution is -2.28. The summed E-state index contributed by atoms with van der Waals surface area (Å²) in [7, 11) is 0. The number of carboxylic acid groups (broad SMARTS) is 1. The van der Waals surface area contributed by atoms with Crippen molar-refractivity contribution < 1.29 is 19.5 Å².